The van der Waals surface area contributed by atoms with Crippen LogP contribution >= 0.6 is 11.6 Å². The van der Waals surface area contributed by atoms with E-state index in [4.69, 9.17) is 16.3 Å². The first kappa shape index (κ1) is 17.5. The molecule has 0 aromatic heterocycles. The Balaban J connectivity index is 1.42. The Kier molecular flexibility index (Phi) is 4.85. The molecule has 7 nitrogen and oxygen atoms in total. The molecule has 0 radical (unpaired) electrons. The molecule has 1 aliphatic carbocycles. The summed E-state index contributed by atoms with van der Waals surface area (Å²) in [5, 5.41) is 5.97. The van der Waals surface area contributed by atoms with Crippen LogP contribution in [0.2, 0.25) is 5.02 Å². The van der Waals surface area contributed by atoms with Crippen LogP contribution in [0.15, 0.2) is 24.3 Å². The second-order valence-electron chi connectivity index (χ2n) is 6.45. The van der Waals surface area contributed by atoms with Crippen LogP contribution in [-0.4, -0.2) is 48.0 Å². The van der Waals surface area contributed by atoms with Crippen LogP contribution in [0.1, 0.15) is 19.8 Å². The number of urea groups is 1. The highest BCUT2D eigenvalue weighted by Gasteiger charge is 2.56. The number of nitrogens with zero attached hydrogens (tertiary/aromatic N) is 1. The lowest BCUT2D eigenvalue weighted by atomic mass is 9.96. The van der Waals surface area contributed by atoms with Crippen LogP contribution in [0, 0.1) is 5.92 Å². The molecule has 1 aliphatic heterocycles. The maximum Gasteiger partial charge on any atom is 0.325 e. The Bertz CT molecular complexity index is 690. The van der Waals surface area contributed by atoms with Gasteiger partial charge in [-0.2, -0.15) is 0 Å². The third-order valence-electron chi connectivity index (χ3n) is 4.50. The van der Waals surface area contributed by atoms with E-state index in [1.165, 1.54) is 0 Å². The van der Waals surface area contributed by atoms with Gasteiger partial charge in [0.2, 0.25) is 5.91 Å². The zero-order chi connectivity index (χ0) is 18.0. The van der Waals surface area contributed by atoms with E-state index < -0.39 is 17.5 Å². The number of ether oxygens (including phenoxy) is 1. The van der Waals surface area contributed by atoms with Gasteiger partial charge in [-0.3, -0.25) is 14.5 Å². The Morgan fingerprint density at radius 1 is 1.36 bits per heavy atom. The molecular formula is C17H20ClN3O4. The standard InChI is InChI=1S/C17H20ClN3O4/c1-17(11-2-3-11)15(23)21(16(24)20-17)10-14(22)19-8-9-25-13-6-4-12(18)5-7-13/h4-7,11H,2-3,8-10H2,1H3,(H,19,22)(H,20,24)/t17-/m0/s1. The Morgan fingerprint density at radius 2 is 2.04 bits per heavy atom. The first-order valence-electron chi connectivity index (χ1n) is 8.19. The molecule has 4 amide bonds. The fourth-order valence-electron chi connectivity index (χ4n) is 2.89. The van der Waals surface area contributed by atoms with Crippen molar-refractivity contribution in [2.45, 2.75) is 25.3 Å². The van der Waals surface area contributed by atoms with E-state index in [2.05, 4.69) is 10.6 Å². The van der Waals surface area contributed by atoms with Gasteiger partial charge in [-0.05, 0) is 49.9 Å². The maximum atomic E-state index is 12.4. The van der Waals surface area contributed by atoms with Gasteiger partial charge in [0.05, 0.1) is 6.54 Å². The topological polar surface area (TPSA) is 87.7 Å². The average molecular weight is 366 g/mol. The highest BCUT2D eigenvalue weighted by Crippen LogP contribution is 2.42. The predicted molar refractivity (Wildman–Crippen MR) is 91.3 cm³/mol. The summed E-state index contributed by atoms with van der Waals surface area (Å²) in [7, 11) is 0. The molecule has 0 spiro atoms. The quantitative estimate of drug-likeness (QED) is 0.567. The van der Waals surface area contributed by atoms with Crippen LogP contribution in [0.5, 0.6) is 5.75 Å². The van der Waals surface area contributed by atoms with Crippen molar-refractivity contribution in [1.29, 1.82) is 0 Å². The van der Waals surface area contributed by atoms with Crippen molar-refractivity contribution in [2.24, 2.45) is 5.92 Å². The molecule has 8 heteroatoms. The molecule has 3 rings (SSSR count). The van der Waals surface area contributed by atoms with Crippen molar-refractivity contribution in [3.05, 3.63) is 29.3 Å². The molecule has 1 saturated heterocycles. The lowest BCUT2D eigenvalue weighted by Crippen LogP contribution is -2.47. The zero-order valence-electron chi connectivity index (χ0n) is 13.9. The number of hydrogen-bond acceptors (Lipinski definition) is 4. The number of hydrogen-bond donors (Lipinski definition) is 2. The molecule has 0 unspecified atom stereocenters. The van der Waals surface area contributed by atoms with Gasteiger partial charge >= 0.3 is 6.03 Å². The fourth-order valence-corrected chi connectivity index (χ4v) is 3.01. The minimum absolute atomic E-state index is 0.171. The van der Waals surface area contributed by atoms with Crippen LogP contribution < -0.4 is 15.4 Å². The Hall–Kier alpha value is -2.28. The Labute approximate surface area is 150 Å². The average Bonchev–Trinajstić information content (AvgIpc) is 3.40. The molecule has 2 fully saturated rings. The van der Waals surface area contributed by atoms with Gasteiger partial charge in [-0.15, -0.1) is 0 Å². The molecule has 1 aromatic rings. The first-order chi connectivity index (χ1) is 11.9. The molecular weight excluding hydrogens is 346 g/mol. The number of halogens is 1. The minimum Gasteiger partial charge on any atom is -0.492 e. The van der Waals surface area contributed by atoms with Gasteiger partial charge in [0.15, 0.2) is 0 Å². The summed E-state index contributed by atoms with van der Waals surface area (Å²) in [6, 6.07) is 6.38. The molecule has 1 heterocycles. The minimum atomic E-state index is -0.866. The van der Waals surface area contributed by atoms with Gasteiger partial charge < -0.3 is 15.4 Å². The molecule has 1 saturated carbocycles. The highest BCUT2D eigenvalue weighted by molar-refractivity contribution is 6.30. The smallest absolute Gasteiger partial charge is 0.325 e. The maximum absolute atomic E-state index is 12.4. The molecule has 1 atom stereocenters. The monoisotopic (exact) mass is 365 g/mol. The van der Waals surface area contributed by atoms with Crippen molar-refractivity contribution in [2.75, 3.05) is 19.7 Å². The normalized spacial score (nSPS) is 22.7. The third-order valence-corrected chi connectivity index (χ3v) is 4.76. The van der Waals surface area contributed by atoms with Crippen LogP contribution in [-0.2, 0) is 9.59 Å². The lowest BCUT2D eigenvalue weighted by Gasteiger charge is -2.20. The van der Waals surface area contributed by atoms with E-state index in [1.54, 1.807) is 31.2 Å². The van der Waals surface area contributed by atoms with Gasteiger partial charge in [-0.25, -0.2) is 4.79 Å². The number of rotatable bonds is 7. The van der Waals surface area contributed by atoms with E-state index >= 15 is 0 Å². The largest absolute Gasteiger partial charge is 0.492 e. The van der Waals surface area contributed by atoms with E-state index in [0.29, 0.717) is 10.8 Å². The SMILES string of the molecule is C[C@@]1(C2CC2)NC(=O)N(CC(=O)NCCOc2ccc(Cl)cc2)C1=O. The molecule has 25 heavy (non-hydrogen) atoms. The van der Waals surface area contributed by atoms with Crippen molar-refractivity contribution in [3.63, 3.8) is 0 Å². The van der Waals surface area contributed by atoms with E-state index in [9.17, 15) is 14.4 Å². The number of benzene rings is 1. The van der Waals surface area contributed by atoms with Gasteiger partial charge in [0.1, 0.15) is 24.4 Å². The number of carbonyl (C=O) groups is 3. The molecule has 1 aromatic carbocycles. The van der Waals surface area contributed by atoms with Crippen LogP contribution in [0.25, 0.3) is 0 Å². The summed E-state index contributed by atoms with van der Waals surface area (Å²) in [4.78, 5) is 37.4. The van der Waals surface area contributed by atoms with Crippen molar-refractivity contribution in [3.8, 4) is 5.75 Å². The fraction of sp³-hybridized carbons (Fsp3) is 0.471. The number of amides is 4. The summed E-state index contributed by atoms with van der Waals surface area (Å²) < 4.78 is 5.46. The highest BCUT2D eigenvalue weighted by atomic mass is 35.5. The van der Waals surface area contributed by atoms with Crippen molar-refractivity contribution < 1.29 is 19.1 Å². The number of imide groups is 1. The molecule has 134 valence electrons. The van der Waals surface area contributed by atoms with E-state index in [0.717, 1.165) is 17.7 Å². The van der Waals surface area contributed by atoms with Gasteiger partial charge in [0.25, 0.3) is 5.91 Å². The Morgan fingerprint density at radius 3 is 2.68 bits per heavy atom. The molecule has 2 aliphatic rings. The lowest BCUT2D eigenvalue weighted by molar-refractivity contribution is -0.135. The third kappa shape index (κ3) is 3.87. The van der Waals surface area contributed by atoms with Gasteiger partial charge in [0, 0.05) is 5.02 Å². The summed E-state index contributed by atoms with van der Waals surface area (Å²) >= 11 is 5.79. The van der Waals surface area contributed by atoms with Crippen molar-refractivity contribution in [1.82, 2.24) is 15.5 Å². The van der Waals surface area contributed by atoms with Crippen LogP contribution in [0.4, 0.5) is 4.79 Å². The van der Waals surface area contributed by atoms with E-state index in [1.807, 2.05) is 0 Å². The number of carbonyl (C=O) groups excluding carboxylic acids is 3. The van der Waals surface area contributed by atoms with Gasteiger partial charge in [-0.1, -0.05) is 11.6 Å². The second kappa shape index (κ2) is 6.92. The summed E-state index contributed by atoms with van der Waals surface area (Å²) in [6.07, 6.45) is 1.84. The van der Waals surface area contributed by atoms with E-state index in [-0.39, 0.29) is 31.5 Å². The van der Waals surface area contributed by atoms with Crippen molar-refractivity contribution >= 4 is 29.4 Å². The summed E-state index contributed by atoms with van der Waals surface area (Å²) in [5.41, 5.74) is -0.866. The zero-order valence-corrected chi connectivity index (χ0v) is 14.6. The molecule has 0 bridgehead atoms. The molecule has 2 N–H and O–H groups in total. The number of nitrogens with one attached hydrogen (secondary N) is 2. The summed E-state index contributed by atoms with van der Waals surface area (Å²) in [5.74, 6) is 0.0913. The second-order valence-corrected chi connectivity index (χ2v) is 6.89. The summed E-state index contributed by atoms with van der Waals surface area (Å²) in [6.45, 7) is 1.98. The van der Waals surface area contributed by atoms with Crippen LogP contribution in [0.3, 0.4) is 0 Å². The predicted octanol–water partition coefficient (Wildman–Crippen LogP) is 1.56. The first-order valence-corrected chi connectivity index (χ1v) is 8.57.